The molecule has 0 aromatic carbocycles. The molecule has 0 aromatic rings. The molecule has 1 aliphatic rings. The normalized spacial score (nSPS) is 26.2. The fourth-order valence-electron chi connectivity index (χ4n) is 1.55. The number of allylic oxidation sites excluding steroid dienone is 2. The second kappa shape index (κ2) is 3.62. The van der Waals surface area contributed by atoms with Crippen LogP contribution in [0.2, 0.25) is 0 Å². The summed E-state index contributed by atoms with van der Waals surface area (Å²) in [5.41, 5.74) is 1.22. The molecule has 0 amide bonds. The molecule has 0 spiro atoms. The van der Waals surface area contributed by atoms with E-state index in [4.69, 9.17) is 10.5 Å². The minimum Gasteiger partial charge on any atom is -0.198 e. The minimum absolute atomic E-state index is 0.0587. The van der Waals surface area contributed by atoms with Gasteiger partial charge in [0.05, 0.1) is 18.1 Å². The quantitative estimate of drug-likeness (QED) is 0.617. The Morgan fingerprint density at radius 2 is 1.92 bits per heavy atom. The summed E-state index contributed by atoms with van der Waals surface area (Å²) in [5, 5.41) is 17.4. The summed E-state index contributed by atoms with van der Waals surface area (Å²) >= 11 is 0. The summed E-state index contributed by atoms with van der Waals surface area (Å²) in [4.78, 5) is 0. The van der Waals surface area contributed by atoms with Crippen molar-refractivity contribution in [2.45, 2.75) is 20.8 Å². The molecule has 0 bridgehead atoms. The van der Waals surface area contributed by atoms with E-state index in [1.807, 2.05) is 13.0 Å². The molecule has 0 fully saturated rings. The molecule has 2 heteroatoms. The first-order valence-electron chi connectivity index (χ1n) is 4.62. The third-order valence-corrected chi connectivity index (χ3v) is 3.05. The molecule has 0 radical (unpaired) electrons. The number of nitriles is 2. The van der Waals surface area contributed by atoms with Crippen LogP contribution in [0.5, 0.6) is 0 Å². The van der Waals surface area contributed by atoms with Gasteiger partial charge in [-0.25, -0.2) is 0 Å². The zero-order valence-electron chi connectivity index (χ0n) is 8.28. The van der Waals surface area contributed by atoms with Gasteiger partial charge in [0.25, 0.3) is 0 Å². The third kappa shape index (κ3) is 1.90. The van der Waals surface area contributed by atoms with E-state index in [9.17, 15) is 0 Å². The van der Waals surface area contributed by atoms with E-state index >= 15 is 0 Å². The van der Waals surface area contributed by atoms with Gasteiger partial charge >= 0.3 is 0 Å². The molecule has 0 aliphatic heterocycles. The first-order chi connectivity index (χ1) is 6.11. The first-order valence-corrected chi connectivity index (χ1v) is 4.62. The summed E-state index contributed by atoms with van der Waals surface area (Å²) in [7, 11) is 0. The number of hydrogen-bond donors (Lipinski definition) is 0. The molecule has 4 atom stereocenters. The van der Waals surface area contributed by atoms with Crippen LogP contribution in [0.4, 0.5) is 0 Å². The Labute approximate surface area is 79.5 Å². The van der Waals surface area contributed by atoms with Gasteiger partial charge in [-0.1, -0.05) is 19.9 Å². The zero-order valence-corrected chi connectivity index (χ0v) is 8.28. The number of nitrogens with zero attached hydrogens (tertiary/aromatic N) is 2. The maximum absolute atomic E-state index is 8.74. The van der Waals surface area contributed by atoms with E-state index in [1.54, 1.807) is 0 Å². The van der Waals surface area contributed by atoms with Gasteiger partial charge in [0.2, 0.25) is 0 Å². The van der Waals surface area contributed by atoms with Gasteiger partial charge in [-0.2, -0.15) is 10.5 Å². The molecule has 1 unspecified atom stereocenters. The van der Waals surface area contributed by atoms with Crippen LogP contribution in [0, 0.1) is 46.3 Å². The fourth-order valence-corrected chi connectivity index (χ4v) is 1.55. The lowest BCUT2D eigenvalue weighted by molar-refractivity contribution is 0.367. The molecular weight excluding hydrogens is 160 g/mol. The molecule has 0 saturated heterocycles. The van der Waals surface area contributed by atoms with Gasteiger partial charge < -0.3 is 0 Å². The topological polar surface area (TPSA) is 47.6 Å². The van der Waals surface area contributed by atoms with Crippen molar-refractivity contribution < 1.29 is 0 Å². The lowest BCUT2D eigenvalue weighted by Crippen LogP contribution is -2.15. The molecule has 0 aromatic heterocycles. The van der Waals surface area contributed by atoms with Crippen molar-refractivity contribution >= 4 is 0 Å². The third-order valence-electron chi connectivity index (χ3n) is 3.05. The fraction of sp³-hybridized carbons (Fsp3) is 0.636. The molecule has 0 heterocycles. The molecule has 68 valence electrons. The standard InChI is InChI=1S/C11H14N2/c1-7(5-12)8(2)9(3)11-4-10(11)6-13/h4,7-10H,1-3H3/t7-,8-,9+,10?/m1/s1. The summed E-state index contributed by atoms with van der Waals surface area (Å²) in [6.07, 6.45) is 1.99. The second-order valence-electron chi connectivity index (χ2n) is 3.84. The van der Waals surface area contributed by atoms with Crippen molar-refractivity contribution in [1.82, 2.24) is 0 Å². The van der Waals surface area contributed by atoms with E-state index in [2.05, 4.69) is 26.0 Å². The monoisotopic (exact) mass is 174 g/mol. The van der Waals surface area contributed by atoms with Gasteiger partial charge in [-0.05, 0) is 24.3 Å². The van der Waals surface area contributed by atoms with Crippen LogP contribution in [0.25, 0.3) is 0 Å². The van der Waals surface area contributed by atoms with Gasteiger partial charge in [-0.15, -0.1) is 0 Å². The van der Waals surface area contributed by atoms with E-state index in [0.29, 0.717) is 11.8 Å². The molecular formula is C11H14N2. The van der Waals surface area contributed by atoms with Crippen LogP contribution in [0.1, 0.15) is 20.8 Å². The number of hydrogen-bond acceptors (Lipinski definition) is 2. The maximum Gasteiger partial charge on any atom is 0.0860 e. The average Bonchev–Trinajstić information content (AvgIpc) is 2.93. The van der Waals surface area contributed by atoms with Crippen LogP contribution in [0.15, 0.2) is 11.6 Å². The van der Waals surface area contributed by atoms with Gasteiger partial charge in [0.15, 0.2) is 0 Å². The molecule has 2 nitrogen and oxygen atoms in total. The molecule has 0 saturated carbocycles. The van der Waals surface area contributed by atoms with Gasteiger partial charge in [0, 0.05) is 5.92 Å². The van der Waals surface area contributed by atoms with Crippen molar-refractivity contribution in [2.24, 2.45) is 23.7 Å². The highest BCUT2D eigenvalue weighted by Gasteiger charge is 2.33. The van der Waals surface area contributed by atoms with Crippen LogP contribution < -0.4 is 0 Å². The van der Waals surface area contributed by atoms with Gasteiger partial charge in [0.1, 0.15) is 0 Å². The van der Waals surface area contributed by atoms with Crippen molar-refractivity contribution in [2.75, 3.05) is 0 Å². The summed E-state index contributed by atoms with van der Waals surface area (Å²) < 4.78 is 0. The molecule has 13 heavy (non-hydrogen) atoms. The van der Waals surface area contributed by atoms with E-state index < -0.39 is 0 Å². The predicted octanol–water partition coefficient (Wildman–Crippen LogP) is 2.50. The van der Waals surface area contributed by atoms with Crippen LogP contribution >= 0.6 is 0 Å². The van der Waals surface area contributed by atoms with Crippen LogP contribution in [-0.4, -0.2) is 0 Å². The molecule has 0 N–H and O–H groups in total. The smallest absolute Gasteiger partial charge is 0.0860 e. The van der Waals surface area contributed by atoms with E-state index in [0.717, 1.165) is 0 Å². The Bertz CT molecular complexity index is 303. The summed E-state index contributed by atoms with van der Waals surface area (Å²) in [5.74, 6) is 0.841. The highest BCUT2D eigenvalue weighted by atomic mass is 14.4. The van der Waals surface area contributed by atoms with Crippen molar-refractivity contribution in [1.29, 1.82) is 10.5 Å². The summed E-state index contributed by atoms with van der Waals surface area (Å²) in [6, 6.07) is 4.46. The summed E-state index contributed by atoms with van der Waals surface area (Å²) in [6.45, 7) is 6.11. The van der Waals surface area contributed by atoms with Crippen molar-refractivity contribution in [3.05, 3.63) is 11.6 Å². The maximum atomic E-state index is 8.74. The predicted molar refractivity (Wildman–Crippen MR) is 50.3 cm³/mol. The average molecular weight is 174 g/mol. The van der Waals surface area contributed by atoms with Crippen LogP contribution in [-0.2, 0) is 0 Å². The number of rotatable bonds is 3. The minimum atomic E-state index is 0.0587. The lowest BCUT2D eigenvalue weighted by atomic mass is 9.83. The largest absolute Gasteiger partial charge is 0.198 e. The van der Waals surface area contributed by atoms with E-state index in [1.165, 1.54) is 5.57 Å². The Morgan fingerprint density at radius 1 is 1.31 bits per heavy atom. The van der Waals surface area contributed by atoms with Crippen molar-refractivity contribution in [3.8, 4) is 12.1 Å². The van der Waals surface area contributed by atoms with Crippen LogP contribution in [0.3, 0.4) is 0 Å². The van der Waals surface area contributed by atoms with Gasteiger partial charge in [-0.3, -0.25) is 0 Å². The Morgan fingerprint density at radius 3 is 2.31 bits per heavy atom. The Hall–Kier alpha value is -1.28. The van der Waals surface area contributed by atoms with E-state index in [-0.39, 0.29) is 11.8 Å². The zero-order chi connectivity index (χ0) is 10.0. The highest BCUT2D eigenvalue weighted by molar-refractivity contribution is 5.38. The Kier molecular flexibility index (Phi) is 2.73. The lowest BCUT2D eigenvalue weighted by Gasteiger charge is -2.19. The molecule has 1 rings (SSSR count). The Balaban J connectivity index is 2.52. The first kappa shape index (κ1) is 9.81. The highest BCUT2D eigenvalue weighted by Crippen LogP contribution is 2.40. The van der Waals surface area contributed by atoms with Crippen molar-refractivity contribution in [3.63, 3.8) is 0 Å². The molecule has 1 aliphatic carbocycles. The SMILES string of the molecule is C[C@H]([C@H](C)C#N)[C@H](C)C1=CC1C#N. The second-order valence-corrected chi connectivity index (χ2v) is 3.84.